The number of carboxylic acids is 2. The van der Waals surface area contributed by atoms with E-state index in [1.54, 1.807) is 6.92 Å². The van der Waals surface area contributed by atoms with Crippen LogP contribution in [0.2, 0.25) is 0 Å². The van der Waals surface area contributed by atoms with Gasteiger partial charge in [-0.25, -0.2) is 0 Å². The summed E-state index contributed by atoms with van der Waals surface area (Å²) in [7, 11) is -4.84. The minimum absolute atomic E-state index is 0. The topological polar surface area (TPSA) is 149 Å². The molecule has 0 saturated heterocycles. The van der Waals surface area contributed by atoms with Gasteiger partial charge in [0.1, 0.15) is 0 Å². The van der Waals surface area contributed by atoms with Crippen molar-refractivity contribution in [3.8, 4) is 0 Å². The molecule has 0 aliphatic carbocycles. The van der Waals surface area contributed by atoms with E-state index < -0.39 is 33.7 Å². The van der Waals surface area contributed by atoms with E-state index in [-0.39, 0.29) is 36.2 Å². The summed E-state index contributed by atoms with van der Waals surface area (Å²) >= 11 is 0. The smallest absolute Gasteiger partial charge is 0.481 e. The molecular weight excluding hydrogens is 399 g/mol. The molecule has 0 rings (SSSR count). The molecule has 0 aliphatic heterocycles. The Bertz CT molecular complexity index is 445. The maximum atomic E-state index is 10.2. The monoisotopic (exact) mass is 436 g/mol. The molecule has 28 heavy (non-hydrogen) atoms. The Morgan fingerprint density at radius 3 is 1.46 bits per heavy atom. The third kappa shape index (κ3) is 30.5. The molecule has 8 nitrogen and oxygen atoms in total. The summed E-state index contributed by atoms with van der Waals surface area (Å²) in [4.78, 5) is 20.0. The molecule has 0 spiro atoms. The van der Waals surface area contributed by atoms with E-state index in [9.17, 15) is 18.0 Å². The van der Waals surface area contributed by atoms with Crippen LogP contribution in [0.15, 0.2) is 0 Å². The average molecular weight is 437 g/mol. The van der Waals surface area contributed by atoms with E-state index in [0.29, 0.717) is 0 Å². The van der Waals surface area contributed by atoms with E-state index >= 15 is 0 Å². The standard InChI is InChI=1S/C12H25.C4H6O7S.C2H6O.Na/c1-3-5-7-9-11-12-10-8-6-4-2;5-3(6)1-2(4(7)8)12(9,10)11;1-2-3;/h1,3-12H2,2H3;2H,1H2,(H,5,6)(H,7,8)(H,9,10,11);3H,2H2,1H3;/q-1;;;+1. The number of aliphatic hydroxyl groups is 1. The van der Waals surface area contributed by atoms with Crippen LogP contribution in [0.3, 0.4) is 0 Å². The van der Waals surface area contributed by atoms with Crippen LogP contribution in [-0.4, -0.2) is 52.1 Å². The Kier molecular flexibility index (Phi) is 31.3. The Balaban J connectivity index is -0.000000175. The summed E-state index contributed by atoms with van der Waals surface area (Å²) < 4.78 is 28.7. The predicted octanol–water partition coefficient (Wildman–Crippen LogP) is 0.546. The fraction of sp³-hybridized carbons (Fsp3) is 0.833. The molecule has 0 saturated carbocycles. The van der Waals surface area contributed by atoms with Crippen molar-refractivity contribution in [2.24, 2.45) is 0 Å². The summed E-state index contributed by atoms with van der Waals surface area (Å²) in [5.41, 5.74) is 0. The molecule has 10 heteroatoms. The van der Waals surface area contributed by atoms with Crippen molar-refractivity contribution >= 4 is 22.1 Å². The van der Waals surface area contributed by atoms with Gasteiger partial charge in [0.2, 0.25) is 0 Å². The normalized spacial score (nSPS) is 11.0. The minimum atomic E-state index is -4.84. The Morgan fingerprint density at radius 2 is 1.25 bits per heavy atom. The van der Waals surface area contributed by atoms with Crippen molar-refractivity contribution in [2.75, 3.05) is 6.61 Å². The molecular formula is C18H37NaO8S. The molecule has 1 atom stereocenters. The van der Waals surface area contributed by atoms with Gasteiger partial charge in [0.25, 0.3) is 10.1 Å². The first-order valence-electron chi connectivity index (χ1n) is 9.39. The summed E-state index contributed by atoms with van der Waals surface area (Å²) in [5.74, 6) is -3.50. The number of hydrogen-bond donors (Lipinski definition) is 4. The molecule has 0 fully saturated rings. The molecule has 0 aromatic rings. The first-order valence-corrected chi connectivity index (χ1v) is 10.9. The molecule has 0 aromatic heterocycles. The molecule has 1 unspecified atom stereocenters. The van der Waals surface area contributed by atoms with Crippen LogP contribution in [0.25, 0.3) is 0 Å². The summed E-state index contributed by atoms with van der Waals surface area (Å²) in [5, 5.41) is 21.5. The van der Waals surface area contributed by atoms with E-state index in [1.165, 1.54) is 57.8 Å². The van der Waals surface area contributed by atoms with Crippen molar-refractivity contribution in [1.82, 2.24) is 0 Å². The maximum absolute atomic E-state index is 10.2. The van der Waals surface area contributed by atoms with E-state index in [2.05, 4.69) is 13.8 Å². The zero-order valence-corrected chi connectivity index (χ0v) is 20.4. The Labute approximate surface area is 192 Å². The predicted molar refractivity (Wildman–Crippen MR) is 105 cm³/mol. The molecule has 0 amide bonds. The van der Waals surface area contributed by atoms with E-state index in [1.807, 2.05) is 0 Å². The second-order valence-electron chi connectivity index (χ2n) is 5.94. The van der Waals surface area contributed by atoms with Gasteiger partial charge in [0, 0.05) is 6.61 Å². The van der Waals surface area contributed by atoms with Crippen molar-refractivity contribution < 1.29 is 67.4 Å². The molecule has 0 aliphatic rings. The Hall–Kier alpha value is -0.190. The zero-order valence-electron chi connectivity index (χ0n) is 17.6. The fourth-order valence-corrected chi connectivity index (χ4v) is 2.57. The van der Waals surface area contributed by atoms with Crippen LogP contribution in [0.5, 0.6) is 0 Å². The van der Waals surface area contributed by atoms with Crippen LogP contribution < -0.4 is 29.6 Å². The van der Waals surface area contributed by atoms with Gasteiger partial charge in [0.15, 0.2) is 5.25 Å². The molecule has 4 N–H and O–H groups in total. The van der Waals surface area contributed by atoms with E-state index in [4.69, 9.17) is 19.9 Å². The fourth-order valence-electron chi connectivity index (χ4n) is 1.97. The number of carbonyl (C=O) groups is 2. The van der Waals surface area contributed by atoms with Gasteiger partial charge < -0.3 is 22.2 Å². The van der Waals surface area contributed by atoms with Crippen LogP contribution >= 0.6 is 0 Å². The van der Waals surface area contributed by atoms with E-state index in [0.717, 1.165) is 6.42 Å². The van der Waals surface area contributed by atoms with Crippen LogP contribution in [0.4, 0.5) is 0 Å². The second kappa shape index (κ2) is 24.8. The number of hydrogen-bond acceptors (Lipinski definition) is 5. The summed E-state index contributed by atoms with van der Waals surface area (Å²) in [6.07, 6.45) is 12.7. The van der Waals surface area contributed by atoms with Crippen LogP contribution in [0.1, 0.15) is 84.5 Å². The average Bonchev–Trinajstić information content (AvgIpc) is 2.55. The van der Waals surface area contributed by atoms with Gasteiger partial charge in [0.05, 0.1) is 6.42 Å². The van der Waals surface area contributed by atoms with Crippen molar-refractivity contribution in [3.05, 3.63) is 6.92 Å². The number of aliphatic hydroxyl groups excluding tert-OH is 1. The zero-order chi connectivity index (χ0) is 21.7. The Morgan fingerprint density at radius 1 is 0.893 bits per heavy atom. The van der Waals surface area contributed by atoms with Gasteiger partial charge in [-0.05, 0) is 6.92 Å². The van der Waals surface area contributed by atoms with Gasteiger partial charge in [-0.3, -0.25) is 14.1 Å². The van der Waals surface area contributed by atoms with Gasteiger partial charge in [-0.15, -0.1) is 0 Å². The van der Waals surface area contributed by atoms with Crippen molar-refractivity contribution in [3.63, 3.8) is 0 Å². The first kappa shape index (κ1) is 35.3. The molecule has 0 aromatic carbocycles. The van der Waals surface area contributed by atoms with Crippen molar-refractivity contribution in [2.45, 2.75) is 89.7 Å². The maximum Gasteiger partial charge on any atom is 1.00 e. The second-order valence-corrected chi connectivity index (χ2v) is 7.54. The number of unbranched alkanes of at least 4 members (excludes halogenated alkanes) is 9. The SMILES string of the molecule is CCO.O=C(O)CC(C(=O)O)S(=O)(=O)O.[CH2-]CCCCCCCCCCC.[Na+]. The van der Waals surface area contributed by atoms with Gasteiger partial charge in [-0.2, -0.15) is 14.8 Å². The first-order chi connectivity index (χ1) is 12.6. The largest absolute Gasteiger partial charge is 1.00 e. The third-order valence-electron chi connectivity index (χ3n) is 3.35. The summed E-state index contributed by atoms with van der Waals surface area (Å²) in [6.45, 7) is 8.05. The molecule has 0 heterocycles. The van der Waals surface area contributed by atoms with Crippen LogP contribution in [-0.2, 0) is 19.7 Å². The quantitative estimate of drug-likeness (QED) is 0.141. The number of carboxylic acid groups (broad SMARTS) is 2. The number of aliphatic carboxylic acids is 2. The minimum Gasteiger partial charge on any atom is -0.481 e. The third-order valence-corrected chi connectivity index (χ3v) is 4.44. The molecule has 164 valence electrons. The van der Waals surface area contributed by atoms with Gasteiger partial charge >= 0.3 is 41.5 Å². The molecule has 0 bridgehead atoms. The van der Waals surface area contributed by atoms with Gasteiger partial charge in [-0.1, -0.05) is 64.7 Å². The van der Waals surface area contributed by atoms with Crippen LogP contribution in [0, 0.1) is 6.92 Å². The number of rotatable bonds is 13. The molecule has 0 radical (unpaired) electrons. The summed E-state index contributed by atoms with van der Waals surface area (Å²) in [6, 6.07) is 0. The van der Waals surface area contributed by atoms with Crippen molar-refractivity contribution in [1.29, 1.82) is 0 Å².